The van der Waals surface area contributed by atoms with Gasteiger partial charge in [-0.3, -0.25) is 0 Å². The predicted octanol–water partition coefficient (Wildman–Crippen LogP) is 2.02. The molecule has 0 aromatic heterocycles. The van der Waals surface area contributed by atoms with Crippen molar-refractivity contribution in [2.24, 2.45) is 0 Å². The van der Waals surface area contributed by atoms with E-state index < -0.39 is 0 Å². The summed E-state index contributed by atoms with van der Waals surface area (Å²) in [6, 6.07) is 17.4. The molecule has 2 aromatic rings. The van der Waals surface area contributed by atoms with Crippen LogP contribution in [-0.2, 0) is 0 Å². The molecule has 79 valence electrons. The SMILES string of the molecule is COc1ccc(O[B]c2ccccc2)cc1. The number of ether oxygens (including phenoxy) is 1. The quantitative estimate of drug-likeness (QED) is 0.720. The second-order valence-electron chi connectivity index (χ2n) is 3.32. The molecular formula is C13H12BO2. The van der Waals surface area contributed by atoms with Crippen LogP contribution in [0, 0.1) is 0 Å². The van der Waals surface area contributed by atoms with Crippen LogP contribution in [0.1, 0.15) is 0 Å². The van der Waals surface area contributed by atoms with E-state index in [0.717, 1.165) is 17.0 Å². The summed E-state index contributed by atoms with van der Waals surface area (Å²) in [5.74, 6) is 1.62. The van der Waals surface area contributed by atoms with E-state index in [2.05, 4.69) is 0 Å². The van der Waals surface area contributed by atoms with Crippen molar-refractivity contribution in [3.8, 4) is 11.5 Å². The molecule has 0 aliphatic carbocycles. The van der Waals surface area contributed by atoms with E-state index in [1.54, 1.807) is 14.6 Å². The fourth-order valence-corrected chi connectivity index (χ4v) is 1.32. The van der Waals surface area contributed by atoms with Crippen molar-refractivity contribution in [1.29, 1.82) is 0 Å². The Labute approximate surface area is 96.1 Å². The molecule has 0 heterocycles. The molecule has 0 atom stereocenters. The molecule has 2 rings (SSSR count). The molecule has 0 aliphatic heterocycles. The van der Waals surface area contributed by atoms with Crippen LogP contribution >= 0.6 is 0 Å². The lowest BCUT2D eigenvalue weighted by atomic mass is 9.88. The van der Waals surface area contributed by atoms with Gasteiger partial charge in [-0.25, -0.2) is 0 Å². The Morgan fingerprint density at radius 2 is 1.44 bits per heavy atom. The summed E-state index contributed by atoms with van der Waals surface area (Å²) in [7, 11) is 3.37. The van der Waals surface area contributed by atoms with E-state index in [9.17, 15) is 0 Å². The maximum atomic E-state index is 5.51. The minimum atomic E-state index is 0.796. The molecule has 0 saturated carbocycles. The third-order valence-corrected chi connectivity index (χ3v) is 2.19. The van der Waals surface area contributed by atoms with Crippen molar-refractivity contribution in [2.75, 3.05) is 7.11 Å². The van der Waals surface area contributed by atoms with E-state index in [1.807, 2.05) is 54.6 Å². The van der Waals surface area contributed by atoms with E-state index in [4.69, 9.17) is 9.39 Å². The van der Waals surface area contributed by atoms with Gasteiger partial charge in [0, 0.05) is 0 Å². The minimum absolute atomic E-state index is 0.796. The van der Waals surface area contributed by atoms with Crippen molar-refractivity contribution < 1.29 is 9.39 Å². The Kier molecular flexibility index (Phi) is 3.49. The Morgan fingerprint density at radius 3 is 2.06 bits per heavy atom. The van der Waals surface area contributed by atoms with Crippen LogP contribution in [0.15, 0.2) is 54.6 Å². The van der Waals surface area contributed by atoms with Gasteiger partial charge in [0.15, 0.2) is 0 Å². The molecule has 2 nitrogen and oxygen atoms in total. The van der Waals surface area contributed by atoms with Crippen LogP contribution in [-0.4, -0.2) is 14.6 Å². The largest absolute Gasteiger partial charge is 0.558 e. The van der Waals surface area contributed by atoms with Gasteiger partial charge < -0.3 is 9.39 Å². The fourth-order valence-electron chi connectivity index (χ4n) is 1.32. The molecule has 16 heavy (non-hydrogen) atoms. The molecule has 0 fully saturated rings. The molecule has 0 saturated heterocycles. The van der Waals surface area contributed by atoms with Crippen LogP contribution in [0.3, 0.4) is 0 Å². The van der Waals surface area contributed by atoms with Crippen LogP contribution in [0.25, 0.3) is 0 Å². The molecule has 3 heteroatoms. The normalized spacial score (nSPS) is 9.56. The zero-order chi connectivity index (χ0) is 11.2. The maximum absolute atomic E-state index is 5.51. The average Bonchev–Trinajstić information content (AvgIpc) is 2.38. The molecule has 2 aromatic carbocycles. The van der Waals surface area contributed by atoms with Crippen LogP contribution in [0.5, 0.6) is 11.5 Å². The van der Waals surface area contributed by atoms with Crippen LogP contribution in [0.4, 0.5) is 0 Å². The van der Waals surface area contributed by atoms with Gasteiger partial charge in [0.1, 0.15) is 5.75 Å². The summed E-state index contributed by atoms with van der Waals surface area (Å²) < 4.78 is 10.6. The number of hydrogen-bond acceptors (Lipinski definition) is 2. The van der Waals surface area contributed by atoms with Crippen molar-refractivity contribution in [3.05, 3.63) is 54.6 Å². The minimum Gasteiger partial charge on any atom is -0.558 e. The first-order chi connectivity index (χ1) is 7.88. The second kappa shape index (κ2) is 5.26. The highest BCUT2D eigenvalue weighted by Gasteiger charge is 1.99. The standard InChI is InChI=1S/C13H12BO2/c1-15-12-7-9-13(10-8-12)16-14-11-5-3-2-4-6-11/h2-10H,1H3. The Balaban J connectivity index is 1.94. The Morgan fingerprint density at radius 1 is 0.812 bits per heavy atom. The highest BCUT2D eigenvalue weighted by molar-refractivity contribution is 6.47. The zero-order valence-corrected chi connectivity index (χ0v) is 9.09. The average molecular weight is 211 g/mol. The Hall–Kier alpha value is -1.90. The summed E-state index contributed by atoms with van der Waals surface area (Å²) in [6.07, 6.45) is 0. The maximum Gasteiger partial charge on any atom is 0.408 e. The number of rotatable bonds is 4. The van der Waals surface area contributed by atoms with Crippen molar-refractivity contribution in [2.45, 2.75) is 0 Å². The van der Waals surface area contributed by atoms with Gasteiger partial charge in [0.05, 0.1) is 12.9 Å². The van der Waals surface area contributed by atoms with E-state index in [0.29, 0.717) is 0 Å². The van der Waals surface area contributed by atoms with Gasteiger partial charge in [-0.15, -0.1) is 0 Å². The second-order valence-corrected chi connectivity index (χ2v) is 3.32. The van der Waals surface area contributed by atoms with Gasteiger partial charge in [0.2, 0.25) is 0 Å². The lowest BCUT2D eigenvalue weighted by Gasteiger charge is -2.05. The van der Waals surface area contributed by atoms with Crippen molar-refractivity contribution >= 4 is 12.9 Å². The van der Waals surface area contributed by atoms with Gasteiger partial charge in [-0.05, 0) is 29.7 Å². The third-order valence-electron chi connectivity index (χ3n) is 2.19. The van der Waals surface area contributed by atoms with Crippen LogP contribution < -0.4 is 14.9 Å². The molecule has 0 N–H and O–H groups in total. The van der Waals surface area contributed by atoms with Crippen molar-refractivity contribution in [1.82, 2.24) is 0 Å². The van der Waals surface area contributed by atoms with Crippen LogP contribution in [0.2, 0.25) is 0 Å². The highest BCUT2D eigenvalue weighted by atomic mass is 16.5. The Bertz CT molecular complexity index is 425. The summed E-state index contributed by atoms with van der Waals surface area (Å²) in [4.78, 5) is 0. The number of benzene rings is 2. The first-order valence-electron chi connectivity index (χ1n) is 5.07. The highest BCUT2D eigenvalue weighted by Crippen LogP contribution is 2.16. The smallest absolute Gasteiger partial charge is 0.408 e. The van der Waals surface area contributed by atoms with Gasteiger partial charge in [-0.2, -0.15) is 0 Å². The molecule has 0 aliphatic rings. The van der Waals surface area contributed by atoms with E-state index in [1.165, 1.54) is 0 Å². The zero-order valence-electron chi connectivity index (χ0n) is 9.09. The third kappa shape index (κ3) is 2.80. The van der Waals surface area contributed by atoms with Gasteiger partial charge >= 0.3 is 7.48 Å². The fraction of sp³-hybridized carbons (Fsp3) is 0.0769. The first-order valence-corrected chi connectivity index (χ1v) is 5.07. The predicted molar refractivity (Wildman–Crippen MR) is 65.5 cm³/mol. The topological polar surface area (TPSA) is 18.5 Å². The molecular weight excluding hydrogens is 199 g/mol. The lowest BCUT2D eigenvalue weighted by Crippen LogP contribution is -2.19. The molecule has 0 bridgehead atoms. The molecule has 0 amide bonds. The van der Waals surface area contributed by atoms with E-state index >= 15 is 0 Å². The lowest BCUT2D eigenvalue weighted by molar-refractivity contribution is 0.414. The number of methoxy groups -OCH3 is 1. The van der Waals surface area contributed by atoms with Gasteiger partial charge in [-0.1, -0.05) is 30.3 Å². The first kappa shape index (κ1) is 10.6. The summed E-state index contributed by atoms with van der Waals surface area (Å²) >= 11 is 0. The van der Waals surface area contributed by atoms with Crippen molar-refractivity contribution in [3.63, 3.8) is 0 Å². The monoisotopic (exact) mass is 211 g/mol. The molecule has 0 unspecified atom stereocenters. The number of hydrogen-bond donors (Lipinski definition) is 0. The molecule has 1 radical (unpaired) electrons. The summed E-state index contributed by atoms with van der Waals surface area (Å²) in [5.41, 5.74) is 1.04. The molecule has 0 spiro atoms. The summed E-state index contributed by atoms with van der Waals surface area (Å²) in [6.45, 7) is 0. The van der Waals surface area contributed by atoms with E-state index in [-0.39, 0.29) is 0 Å². The summed E-state index contributed by atoms with van der Waals surface area (Å²) in [5, 5.41) is 0. The van der Waals surface area contributed by atoms with Gasteiger partial charge in [0.25, 0.3) is 0 Å².